The fraction of sp³-hybridized carbons (Fsp3) is 0.174. The van der Waals surface area contributed by atoms with Crippen molar-refractivity contribution in [1.82, 2.24) is 0 Å². The summed E-state index contributed by atoms with van der Waals surface area (Å²) in [5.74, 6) is 0.793. The number of carbonyl (C=O) groups is 1. The van der Waals surface area contributed by atoms with Crippen molar-refractivity contribution in [3.63, 3.8) is 0 Å². The fourth-order valence-corrected chi connectivity index (χ4v) is 2.85. The van der Waals surface area contributed by atoms with Gasteiger partial charge in [0.1, 0.15) is 18.1 Å². The van der Waals surface area contributed by atoms with E-state index < -0.39 is 11.7 Å². The number of alkyl halides is 3. The highest BCUT2D eigenvalue weighted by atomic mass is 19.4. The van der Waals surface area contributed by atoms with E-state index in [2.05, 4.69) is 0 Å². The molecule has 0 aliphatic carbocycles. The molecule has 3 aromatic rings. The molecule has 0 atom stereocenters. The highest BCUT2D eigenvalue weighted by molar-refractivity contribution is 5.78. The first-order valence-corrected chi connectivity index (χ1v) is 8.79. The Morgan fingerprint density at radius 3 is 2.14 bits per heavy atom. The summed E-state index contributed by atoms with van der Waals surface area (Å²) >= 11 is 0. The van der Waals surface area contributed by atoms with E-state index >= 15 is 0 Å². The summed E-state index contributed by atoms with van der Waals surface area (Å²) in [6.45, 7) is 1.88. The zero-order valence-electron chi connectivity index (χ0n) is 15.3. The van der Waals surface area contributed by atoms with Crippen molar-refractivity contribution >= 4 is 5.78 Å². The van der Waals surface area contributed by atoms with Gasteiger partial charge in [-0.2, -0.15) is 13.2 Å². The van der Waals surface area contributed by atoms with E-state index in [-0.39, 0.29) is 5.78 Å². The molecular formula is C23H19F3O2. The van der Waals surface area contributed by atoms with E-state index in [4.69, 9.17) is 4.74 Å². The Hall–Kier alpha value is -3.08. The molecule has 144 valence electrons. The topological polar surface area (TPSA) is 26.3 Å². The van der Waals surface area contributed by atoms with Crippen LogP contribution in [0.25, 0.3) is 11.1 Å². The predicted molar refractivity (Wildman–Crippen MR) is 102 cm³/mol. The number of ketones is 1. The summed E-state index contributed by atoms with van der Waals surface area (Å²) in [5, 5.41) is 0. The molecule has 0 spiro atoms. The Morgan fingerprint density at radius 1 is 0.857 bits per heavy atom. The first-order chi connectivity index (χ1) is 13.3. The average molecular weight is 384 g/mol. The van der Waals surface area contributed by atoms with Gasteiger partial charge in [0, 0.05) is 6.42 Å². The number of rotatable bonds is 6. The minimum absolute atomic E-state index is 0.105. The normalized spacial score (nSPS) is 11.3. The molecule has 0 fully saturated rings. The summed E-state index contributed by atoms with van der Waals surface area (Å²) in [6, 6.07) is 19.9. The SMILES string of the molecule is CC(=O)Cc1ccc(OCc2cccc(-c3ccc(C(F)(F)F)cc3)c2)cc1. The molecule has 0 saturated carbocycles. The van der Waals surface area contributed by atoms with Crippen LogP contribution in [-0.2, 0) is 24.0 Å². The highest BCUT2D eigenvalue weighted by Gasteiger charge is 2.29. The first-order valence-electron chi connectivity index (χ1n) is 8.79. The van der Waals surface area contributed by atoms with Gasteiger partial charge in [-0.15, -0.1) is 0 Å². The van der Waals surface area contributed by atoms with Gasteiger partial charge in [0.25, 0.3) is 0 Å². The maximum absolute atomic E-state index is 12.7. The smallest absolute Gasteiger partial charge is 0.416 e. The van der Waals surface area contributed by atoms with Crippen LogP contribution in [0.3, 0.4) is 0 Å². The first kappa shape index (κ1) is 19.7. The molecule has 2 nitrogen and oxygen atoms in total. The number of hydrogen-bond acceptors (Lipinski definition) is 2. The Labute approximate surface area is 161 Å². The van der Waals surface area contributed by atoms with Gasteiger partial charge >= 0.3 is 6.18 Å². The monoisotopic (exact) mass is 384 g/mol. The van der Waals surface area contributed by atoms with Crippen LogP contribution in [0.5, 0.6) is 5.75 Å². The zero-order valence-corrected chi connectivity index (χ0v) is 15.3. The lowest BCUT2D eigenvalue weighted by molar-refractivity contribution is -0.137. The van der Waals surface area contributed by atoms with Crippen LogP contribution in [0.4, 0.5) is 13.2 Å². The molecule has 0 bridgehead atoms. The Kier molecular flexibility index (Phi) is 5.83. The van der Waals surface area contributed by atoms with E-state index in [1.807, 2.05) is 48.5 Å². The third-order valence-electron chi connectivity index (χ3n) is 4.25. The number of ether oxygens (including phenoxy) is 1. The maximum atomic E-state index is 12.7. The molecule has 5 heteroatoms. The Bertz CT molecular complexity index is 943. The summed E-state index contributed by atoms with van der Waals surface area (Å²) in [4.78, 5) is 11.1. The van der Waals surface area contributed by atoms with Crippen molar-refractivity contribution in [3.8, 4) is 16.9 Å². The molecule has 0 aliphatic heterocycles. The van der Waals surface area contributed by atoms with Crippen LogP contribution in [0.15, 0.2) is 72.8 Å². The highest BCUT2D eigenvalue weighted by Crippen LogP contribution is 2.31. The van der Waals surface area contributed by atoms with Crippen LogP contribution in [0.1, 0.15) is 23.6 Å². The van der Waals surface area contributed by atoms with Crippen LogP contribution < -0.4 is 4.74 Å². The molecule has 3 aromatic carbocycles. The van der Waals surface area contributed by atoms with Crippen LogP contribution in [0.2, 0.25) is 0 Å². The van der Waals surface area contributed by atoms with E-state index in [1.165, 1.54) is 12.1 Å². The lowest BCUT2D eigenvalue weighted by atomic mass is 10.0. The number of carbonyl (C=O) groups excluding carboxylic acids is 1. The predicted octanol–water partition coefficient (Wildman–Crippen LogP) is 6.08. The minimum atomic E-state index is -4.34. The minimum Gasteiger partial charge on any atom is -0.489 e. The van der Waals surface area contributed by atoms with Gasteiger partial charge in [-0.25, -0.2) is 0 Å². The number of hydrogen-bond donors (Lipinski definition) is 0. The molecule has 3 rings (SSSR count). The third kappa shape index (κ3) is 5.22. The fourth-order valence-electron chi connectivity index (χ4n) is 2.85. The molecule has 0 saturated heterocycles. The third-order valence-corrected chi connectivity index (χ3v) is 4.25. The van der Waals surface area contributed by atoms with Gasteiger partial charge in [-0.3, -0.25) is 4.79 Å². The molecular weight excluding hydrogens is 365 g/mol. The van der Waals surface area contributed by atoms with Gasteiger partial charge in [-0.1, -0.05) is 42.5 Å². The van der Waals surface area contributed by atoms with Crippen LogP contribution in [-0.4, -0.2) is 5.78 Å². The maximum Gasteiger partial charge on any atom is 0.416 e. The van der Waals surface area contributed by atoms with E-state index in [1.54, 1.807) is 6.92 Å². The van der Waals surface area contributed by atoms with Gasteiger partial charge in [0.15, 0.2) is 0 Å². The van der Waals surface area contributed by atoms with E-state index in [9.17, 15) is 18.0 Å². The van der Waals surface area contributed by atoms with Crippen molar-refractivity contribution in [2.24, 2.45) is 0 Å². The molecule has 0 amide bonds. The standard InChI is InChI=1S/C23H19F3O2/c1-16(27)13-17-5-11-22(12-6-17)28-15-18-3-2-4-20(14-18)19-7-9-21(10-8-19)23(24,25)26/h2-12,14H,13,15H2,1H3. The lowest BCUT2D eigenvalue weighted by Crippen LogP contribution is -2.04. The molecule has 0 unspecified atom stereocenters. The second kappa shape index (κ2) is 8.30. The number of halogens is 3. The lowest BCUT2D eigenvalue weighted by Gasteiger charge is -2.10. The molecule has 0 N–H and O–H groups in total. The molecule has 0 heterocycles. The summed E-state index contributed by atoms with van der Waals surface area (Å²) in [6.07, 6.45) is -3.94. The Morgan fingerprint density at radius 2 is 1.54 bits per heavy atom. The Balaban J connectivity index is 1.67. The molecule has 28 heavy (non-hydrogen) atoms. The average Bonchev–Trinajstić information content (AvgIpc) is 2.67. The zero-order chi connectivity index (χ0) is 20.1. The molecule has 0 radical (unpaired) electrons. The van der Waals surface area contributed by atoms with E-state index in [0.717, 1.165) is 28.8 Å². The van der Waals surface area contributed by atoms with Gasteiger partial charge < -0.3 is 4.74 Å². The molecule has 0 aliphatic rings. The van der Waals surface area contributed by atoms with Crippen molar-refractivity contribution < 1.29 is 22.7 Å². The van der Waals surface area contributed by atoms with Crippen molar-refractivity contribution in [2.45, 2.75) is 26.1 Å². The van der Waals surface area contributed by atoms with Gasteiger partial charge in [0.05, 0.1) is 5.56 Å². The quantitative estimate of drug-likeness (QED) is 0.515. The second-order valence-corrected chi connectivity index (χ2v) is 6.59. The summed E-state index contributed by atoms with van der Waals surface area (Å²) < 4.78 is 43.9. The molecule has 0 aromatic heterocycles. The summed E-state index contributed by atoms with van der Waals surface area (Å²) in [5.41, 5.74) is 2.72. The van der Waals surface area contributed by atoms with E-state index in [0.29, 0.717) is 24.3 Å². The van der Waals surface area contributed by atoms with Crippen LogP contribution in [0, 0.1) is 0 Å². The summed E-state index contributed by atoms with van der Waals surface area (Å²) in [7, 11) is 0. The van der Waals surface area contributed by atoms with Crippen LogP contribution >= 0.6 is 0 Å². The number of Topliss-reactive ketones (excluding diaryl/α,β-unsaturated/α-hetero) is 1. The number of benzene rings is 3. The van der Waals surface area contributed by atoms with Gasteiger partial charge in [0.2, 0.25) is 0 Å². The van der Waals surface area contributed by atoms with Gasteiger partial charge in [-0.05, 0) is 59.5 Å². The van der Waals surface area contributed by atoms with Crippen molar-refractivity contribution in [3.05, 3.63) is 89.5 Å². The largest absolute Gasteiger partial charge is 0.489 e. The van der Waals surface area contributed by atoms with Crippen molar-refractivity contribution in [1.29, 1.82) is 0 Å². The second-order valence-electron chi connectivity index (χ2n) is 6.59. The van der Waals surface area contributed by atoms with Crippen molar-refractivity contribution in [2.75, 3.05) is 0 Å².